The summed E-state index contributed by atoms with van der Waals surface area (Å²) in [7, 11) is 0. The van der Waals surface area contributed by atoms with Crippen LogP contribution in [0.2, 0.25) is 0 Å². The molecule has 1 heterocycles. The van der Waals surface area contributed by atoms with E-state index in [9.17, 15) is 0 Å². The molecule has 100 valence electrons. The number of halogens is 1. The third-order valence-electron chi connectivity index (χ3n) is 3.10. The second-order valence-electron chi connectivity index (χ2n) is 4.69. The quantitative estimate of drug-likeness (QED) is 0.513. The lowest BCUT2D eigenvalue weighted by atomic mass is 10.1. The summed E-state index contributed by atoms with van der Waals surface area (Å²) in [5.74, 6) is 0. The average molecular weight is 375 g/mol. The fraction of sp³-hybridized carbons (Fsp3) is 0.0625. The van der Waals surface area contributed by atoms with E-state index in [2.05, 4.69) is 45.0 Å². The van der Waals surface area contributed by atoms with Gasteiger partial charge in [0.25, 0.3) is 0 Å². The van der Waals surface area contributed by atoms with E-state index in [1.165, 1.54) is 3.57 Å². The summed E-state index contributed by atoms with van der Waals surface area (Å²) in [6.45, 7) is 2.00. The van der Waals surface area contributed by atoms with Gasteiger partial charge in [0.05, 0.1) is 11.2 Å². The number of benzene rings is 2. The van der Waals surface area contributed by atoms with Crippen LogP contribution in [0.5, 0.6) is 0 Å². The van der Waals surface area contributed by atoms with Gasteiger partial charge in [0, 0.05) is 26.0 Å². The van der Waals surface area contributed by atoms with E-state index >= 15 is 0 Å². The predicted octanol–water partition coefficient (Wildman–Crippen LogP) is 4.47. The highest BCUT2D eigenvalue weighted by Crippen LogP contribution is 2.29. The second kappa shape index (κ2) is 5.28. The van der Waals surface area contributed by atoms with Crippen molar-refractivity contribution in [1.29, 1.82) is 0 Å². The zero-order valence-corrected chi connectivity index (χ0v) is 13.2. The van der Waals surface area contributed by atoms with Crippen molar-refractivity contribution in [3.05, 3.63) is 57.8 Å². The lowest BCUT2D eigenvalue weighted by molar-refractivity contribution is 1.25. The topological polar surface area (TPSA) is 50.9 Å². The van der Waals surface area contributed by atoms with Crippen LogP contribution in [0.15, 0.2) is 48.5 Å². The minimum Gasteiger partial charge on any atom is -0.399 e. The molecular weight excluding hydrogens is 361 g/mol. The fourth-order valence-corrected chi connectivity index (χ4v) is 2.71. The van der Waals surface area contributed by atoms with Gasteiger partial charge in [0.15, 0.2) is 0 Å². The third kappa shape index (κ3) is 2.56. The first-order chi connectivity index (χ1) is 9.63. The number of fused-ring (bicyclic) bond motifs is 1. The molecule has 3 nitrogen and oxygen atoms in total. The smallest absolute Gasteiger partial charge is 0.0727 e. The summed E-state index contributed by atoms with van der Waals surface area (Å²) >= 11 is 2.32. The van der Waals surface area contributed by atoms with E-state index in [1.54, 1.807) is 0 Å². The summed E-state index contributed by atoms with van der Waals surface area (Å²) in [6, 6.07) is 16.0. The van der Waals surface area contributed by atoms with Gasteiger partial charge in [-0.05, 0) is 65.9 Å². The van der Waals surface area contributed by atoms with Gasteiger partial charge in [-0.15, -0.1) is 0 Å². The minimum absolute atomic E-state index is 0.744. The molecule has 0 amide bonds. The number of rotatable bonds is 2. The number of pyridine rings is 1. The molecule has 4 heteroatoms. The summed E-state index contributed by atoms with van der Waals surface area (Å²) in [4.78, 5) is 4.54. The summed E-state index contributed by atoms with van der Waals surface area (Å²) in [5, 5.41) is 4.52. The molecule has 3 N–H and O–H groups in total. The fourth-order valence-electron chi connectivity index (χ4n) is 2.19. The predicted molar refractivity (Wildman–Crippen MR) is 93.3 cm³/mol. The van der Waals surface area contributed by atoms with Crippen LogP contribution >= 0.6 is 22.6 Å². The van der Waals surface area contributed by atoms with Gasteiger partial charge in [0.2, 0.25) is 0 Å². The summed E-state index contributed by atoms with van der Waals surface area (Å²) in [6.07, 6.45) is 0. The summed E-state index contributed by atoms with van der Waals surface area (Å²) < 4.78 is 1.18. The summed E-state index contributed by atoms with van der Waals surface area (Å²) in [5.41, 5.74) is 10.7. The van der Waals surface area contributed by atoms with Crippen molar-refractivity contribution in [2.75, 3.05) is 11.1 Å². The highest BCUT2D eigenvalue weighted by atomic mass is 127. The number of nitrogens with one attached hydrogen (secondary N) is 1. The molecule has 0 spiro atoms. The Hall–Kier alpha value is -1.82. The Morgan fingerprint density at radius 3 is 2.65 bits per heavy atom. The lowest BCUT2D eigenvalue weighted by Crippen LogP contribution is -1.97. The molecule has 0 fully saturated rings. The van der Waals surface area contributed by atoms with Crippen molar-refractivity contribution < 1.29 is 0 Å². The van der Waals surface area contributed by atoms with Gasteiger partial charge >= 0.3 is 0 Å². The first-order valence-electron chi connectivity index (χ1n) is 6.32. The van der Waals surface area contributed by atoms with Crippen LogP contribution in [0, 0.1) is 10.5 Å². The van der Waals surface area contributed by atoms with Gasteiger partial charge in [-0.3, -0.25) is 4.98 Å². The van der Waals surface area contributed by atoms with E-state index in [0.29, 0.717) is 0 Å². The minimum atomic E-state index is 0.744. The van der Waals surface area contributed by atoms with Crippen molar-refractivity contribution >= 4 is 50.6 Å². The standard InChI is InChI=1S/C16H14IN3/c1-10-8-16(20-15-5-3-2-4-13(15)17)12-9-11(18)6-7-14(12)19-10/h2-9H,18H2,1H3,(H,19,20). The van der Waals surface area contributed by atoms with Gasteiger partial charge in [0.1, 0.15) is 0 Å². The number of anilines is 3. The molecule has 2 aromatic carbocycles. The van der Waals surface area contributed by atoms with Crippen molar-refractivity contribution in [2.45, 2.75) is 6.92 Å². The van der Waals surface area contributed by atoms with Crippen LogP contribution in [0.1, 0.15) is 5.69 Å². The SMILES string of the molecule is Cc1cc(Nc2ccccc2I)c2cc(N)ccc2n1. The Balaban J connectivity index is 2.15. The van der Waals surface area contributed by atoms with E-state index in [-0.39, 0.29) is 0 Å². The molecule has 1 aromatic heterocycles. The van der Waals surface area contributed by atoms with E-state index in [0.717, 1.165) is 33.7 Å². The van der Waals surface area contributed by atoms with Gasteiger partial charge in [-0.1, -0.05) is 12.1 Å². The normalized spacial score (nSPS) is 10.7. The molecule has 0 saturated heterocycles. The molecule has 3 rings (SSSR count). The Morgan fingerprint density at radius 2 is 1.85 bits per heavy atom. The van der Waals surface area contributed by atoms with E-state index < -0.39 is 0 Å². The van der Waals surface area contributed by atoms with Gasteiger partial charge < -0.3 is 11.1 Å². The second-order valence-corrected chi connectivity index (χ2v) is 5.85. The van der Waals surface area contributed by atoms with Crippen LogP contribution in [-0.4, -0.2) is 4.98 Å². The van der Waals surface area contributed by atoms with Crippen molar-refractivity contribution in [3.8, 4) is 0 Å². The molecule has 0 aliphatic carbocycles. The maximum absolute atomic E-state index is 5.90. The highest BCUT2D eigenvalue weighted by Gasteiger charge is 2.06. The van der Waals surface area contributed by atoms with Crippen LogP contribution in [0.3, 0.4) is 0 Å². The van der Waals surface area contributed by atoms with Crippen molar-refractivity contribution in [1.82, 2.24) is 4.98 Å². The van der Waals surface area contributed by atoms with Crippen LogP contribution in [0.4, 0.5) is 17.1 Å². The van der Waals surface area contributed by atoms with Crippen molar-refractivity contribution in [3.63, 3.8) is 0 Å². The van der Waals surface area contributed by atoms with E-state index in [1.807, 2.05) is 43.3 Å². The molecule has 0 saturated carbocycles. The lowest BCUT2D eigenvalue weighted by Gasteiger charge is -2.12. The Kier molecular flexibility index (Phi) is 3.48. The molecule has 3 aromatic rings. The third-order valence-corrected chi connectivity index (χ3v) is 4.04. The number of para-hydroxylation sites is 1. The molecule has 0 aliphatic rings. The first-order valence-corrected chi connectivity index (χ1v) is 7.40. The highest BCUT2D eigenvalue weighted by molar-refractivity contribution is 14.1. The number of hydrogen-bond donors (Lipinski definition) is 2. The maximum Gasteiger partial charge on any atom is 0.0727 e. The molecule has 0 bridgehead atoms. The molecular formula is C16H14IN3. The monoisotopic (exact) mass is 375 g/mol. The number of nitrogen functional groups attached to an aromatic ring is 1. The number of hydrogen-bond acceptors (Lipinski definition) is 3. The molecule has 20 heavy (non-hydrogen) atoms. The maximum atomic E-state index is 5.90. The molecule has 0 radical (unpaired) electrons. The molecule has 0 aliphatic heterocycles. The van der Waals surface area contributed by atoms with E-state index in [4.69, 9.17) is 5.73 Å². The van der Waals surface area contributed by atoms with Crippen LogP contribution < -0.4 is 11.1 Å². The zero-order chi connectivity index (χ0) is 14.1. The zero-order valence-electron chi connectivity index (χ0n) is 11.0. The largest absolute Gasteiger partial charge is 0.399 e. The number of aromatic nitrogens is 1. The van der Waals surface area contributed by atoms with Crippen LogP contribution in [-0.2, 0) is 0 Å². The number of nitrogens with two attached hydrogens (primary N) is 1. The average Bonchev–Trinajstić information content (AvgIpc) is 2.42. The first kappa shape index (κ1) is 13.2. The Labute approximate surface area is 131 Å². The Bertz CT molecular complexity index is 784. The van der Waals surface area contributed by atoms with Crippen LogP contribution in [0.25, 0.3) is 10.9 Å². The van der Waals surface area contributed by atoms with Gasteiger partial charge in [-0.2, -0.15) is 0 Å². The molecule has 0 atom stereocenters. The van der Waals surface area contributed by atoms with Crippen molar-refractivity contribution in [2.24, 2.45) is 0 Å². The molecule has 0 unspecified atom stereocenters. The Morgan fingerprint density at radius 1 is 1.05 bits per heavy atom. The van der Waals surface area contributed by atoms with Gasteiger partial charge in [-0.25, -0.2) is 0 Å². The number of nitrogens with zero attached hydrogens (tertiary/aromatic N) is 1. The number of aryl methyl sites for hydroxylation is 1.